The Balaban J connectivity index is 1.67. The number of aryl methyl sites for hydroxylation is 2. The summed E-state index contributed by atoms with van der Waals surface area (Å²) in [5.41, 5.74) is 1.60. The highest BCUT2D eigenvalue weighted by Crippen LogP contribution is 2.17. The van der Waals surface area contributed by atoms with Crippen molar-refractivity contribution in [2.45, 2.75) is 58.6 Å². The number of hydrogen-bond acceptors (Lipinski definition) is 6. The average Bonchev–Trinajstić information content (AvgIpc) is 3.16. The molecule has 0 unspecified atom stereocenters. The minimum absolute atomic E-state index is 0.100. The number of ether oxygens (including phenoxy) is 1. The zero-order valence-corrected chi connectivity index (χ0v) is 14.1. The fourth-order valence-corrected chi connectivity index (χ4v) is 2.91. The van der Waals surface area contributed by atoms with Crippen LogP contribution in [0.3, 0.4) is 0 Å². The summed E-state index contributed by atoms with van der Waals surface area (Å²) >= 11 is 0. The van der Waals surface area contributed by atoms with Gasteiger partial charge in [0.05, 0.1) is 0 Å². The van der Waals surface area contributed by atoms with Crippen LogP contribution in [0.5, 0.6) is 0 Å². The van der Waals surface area contributed by atoms with E-state index in [1.807, 2.05) is 19.9 Å². The van der Waals surface area contributed by atoms with E-state index in [9.17, 15) is 9.59 Å². The number of carbonyl (C=O) groups excluding carboxylic acids is 2. The topological polar surface area (TPSA) is 98.5 Å². The van der Waals surface area contributed by atoms with Gasteiger partial charge in [0.2, 0.25) is 0 Å². The number of carbonyl (C=O) groups is 2. The molecular weight excluding hydrogens is 310 g/mol. The molecule has 24 heavy (non-hydrogen) atoms. The maximum atomic E-state index is 12.2. The van der Waals surface area contributed by atoms with Gasteiger partial charge in [0, 0.05) is 17.4 Å². The minimum atomic E-state index is -0.888. The predicted molar refractivity (Wildman–Crippen MR) is 85.5 cm³/mol. The molecule has 8 nitrogen and oxygen atoms in total. The van der Waals surface area contributed by atoms with Crippen LogP contribution in [0.1, 0.15) is 54.6 Å². The Bertz CT molecular complexity index is 779. The highest BCUT2D eigenvalue weighted by Gasteiger charge is 2.25. The van der Waals surface area contributed by atoms with Crippen LogP contribution in [0.25, 0.3) is 5.78 Å². The number of rotatable bonds is 4. The van der Waals surface area contributed by atoms with Gasteiger partial charge in [0.25, 0.3) is 17.5 Å². The summed E-state index contributed by atoms with van der Waals surface area (Å²) in [5, 5.41) is 7.01. The molecule has 0 spiro atoms. The van der Waals surface area contributed by atoms with E-state index in [1.54, 1.807) is 6.92 Å². The van der Waals surface area contributed by atoms with Crippen LogP contribution >= 0.6 is 0 Å². The summed E-state index contributed by atoms with van der Waals surface area (Å²) in [5.74, 6) is -0.782. The van der Waals surface area contributed by atoms with E-state index < -0.39 is 12.1 Å². The van der Waals surface area contributed by atoms with Crippen molar-refractivity contribution in [3.05, 3.63) is 23.3 Å². The lowest BCUT2D eigenvalue weighted by Crippen LogP contribution is -2.41. The Hall–Kier alpha value is -2.51. The third kappa shape index (κ3) is 3.37. The van der Waals surface area contributed by atoms with E-state index in [4.69, 9.17) is 4.74 Å². The van der Waals surface area contributed by atoms with Gasteiger partial charge in [-0.25, -0.2) is 14.3 Å². The number of hydrogen-bond donors (Lipinski definition) is 1. The second-order valence-electron chi connectivity index (χ2n) is 6.22. The smallest absolute Gasteiger partial charge is 0.379 e. The van der Waals surface area contributed by atoms with E-state index in [-0.39, 0.29) is 17.8 Å². The lowest BCUT2D eigenvalue weighted by Gasteiger charge is -2.16. The monoisotopic (exact) mass is 331 g/mol. The third-order valence-corrected chi connectivity index (χ3v) is 4.16. The number of nitrogens with one attached hydrogen (secondary N) is 1. The molecule has 1 atom stereocenters. The fourth-order valence-electron chi connectivity index (χ4n) is 2.91. The van der Waals surface area contributed by atoms with Crippen molar-refractivity contribution < 1.29 is 14.3 Å². The van der Waals surface area contributed by atoms with Gasteiger partial charge in [0.1, 0.15) is 0 Å². The molecule has 0 aromatic carbocycles. The number of fused-ring (bicyclic) bond motifs is 1. The SMILES string of the molecule is Cc1cc(C)n2nc(C(=O)O[C@H](C)C(=O)NC3CCCC3)nc2n1. The van der Waals surface area contributed by atoms with Crippen molar-refractivity contribution in [2.75, 3.05) is 0 Å². The van der Waals surface area contributed by atoms with Gasteiger partial charge in [-0.05, 0) is 39.7 Å². The van der Waals surface area contributed by atoms with Crippen LogP contribution < -0.4 is 5.32 Å². The van der Waals surface area contributed by atoms with Crippen LogP contribution in [-0.2, 0) is 9.53 Å². The molecule has 1 N–H and O–H groups in total. The molecule has 3 rings (SSSR count). The van der Waals surface area contributed by atoms with Gasteiger partial charge < -0.3 is 10.1 Å². The average molecular weight is 331 g/mol. The van der Waals surface area contributed by atoms with Crippen molar-refractivity contribution in [3.63, 3.8) is 0 Å². The predicted octanol–water partition coefficient (Wildman–Crippen LogP) is 1.35. The minimum Gasteiger partial charge on any atom is -0.447 e. The molecule has 1 saturated carbocycles. The fraction of sp³-hybridized carbons (Fsp3) is 0.562. The molecule has 2 aromatic heterocycles. The van der Waals surface area contributed by atoms with Crippen molar-refractivity contribution in [1.82, 2.24) is 24.9 Å². The molecule has 1 amide bonds. The number of amides is 1. The zero-order chi connectivity index (χ0) is 17.3. The Morgan fingerprint density at radius 3 is 2.71 bits per heavy atom. The van der Waals surface area contributed by atoms with Crippen LogP contribution in [0.15, 0.2) is 6.07 Å². The van der Waals surface area contributed by atoms with E-state index in [1.165, 1.54) is 4.52 Å². The largest absolute Gasteiger partial charge is 0.447 e. The summed E-state index contributed by atoms with van der Waals surface area (Å²) in [6.45, 7) is 5.24. The summed E-state index contributed by atoms with van der Waals surface area (Å²) in [4.78, 5) is 32.6. The Kier molecular flexibility index (Phi) is 4.46. The summed E-state index contributed by atoms with van der Waals surface area (Å²) in [7, 11) is 0. The first-order chi connectivity index (χ1) is 11.4. The summed E-state index contributed by atoms with van der Waals surface area (Å²) in [6.07, 6.45) is 3.31. The van der Waals surface area contributed by atoms with Crippen molar-refractivity contribution >= 4 is 17.7 Å². The maximum absolute atomic E-state index is 12.2. The van der Waals surface area contributed by atoms with Gasteiger partial charge in [-0.15, -0.1) is 5.10 Å². The molecule has 0 bridgehead atoms. The highest BCUT2D eigenvalue weighted by molar-refractivity contribution is 5.89. The van der Waals surface area contributed by atoms with E-state index >= 15 is 0 Å². The normalized spacial score (nSPS) is 16.3. The molecule has 1 aliphatic rings. The Morgan fingerprint density at radius 1 is 1.29 bits per heavy atom. The summed E-state index contributed by atoms with van der Waals surface area (Å²) < 4.78 is 6.67. The molecule has 0 saturated heterocycles. The first-order valence-corrected chi connectivity index (χ1v) is 8.16. The van der Waals surface area contributed by atoms with E-state index in [0.29, 0.717) is 5.78 Å². The number of aromatic nitrogens is 4. The van der Waals surface area contributed by atoms with Gasteiger partial charge in [0.15, 0.2) is 6.10 Å². The summed E-state index contributed by atoms with van der Waals surface area (Å²) in [6, 6.07) is 2.02. The van der Waals surface area contributed by atoms with Gasteiger partial charge in [-0.2, -0.15) is 4.98 Å². The van der Waals surface area contributed by atoms with Crippen molar-refractivity contribution in [3.8, 4) is 0 Å². The lowest BCUT2D eigenvalue weighted by molar-refractivity contribution is -0.129. The second kappa shape index (κ2) is 6.54. The van der Waals surface area contributed by atoms with Crippen LogP contribution in [0.4, 0.5) is 0 Å². The van der Waals surface area contributed by atoms with Crippen LogP contribution in [-0.4, -0.2) is 43.6 Å². The zero-order valence-electron chi connectivity index (χ0n) is 14.1. The van der Waals surface area contributed by atoms with Gasteiger partial charge in [-0.1, -0.05) is 12.8 Å². The lowest BCUT2D eigenvalue weighted by atomic mass is 10.2. The molecule has 8 heteroatoms. The molecule has 2 aromatic rings. The molecule has 128 valence electrons. The van der Waals surface area contributed by atoms with Gasteiger partial charge >= 0.3 is 5.97 Å². The second-order valence-corrected chi connectivity index (χ2v) is 6.22. The third-order valence-electron chi connectivity index (χ3n) is 4.16. The van der Waals surface area contributed by atoms with Gasteiger partial charge in [-0.3, -0.25) is 4.79 Å². The molecule has 0 aliphatic heterocycles. The number of esters is 1. The van der Waals surface area contributed by atoms with E-state index in [0.717, 1.165) is 37.1 Å². The van der Waals surface area contributed by atoms with E-state index in [2.05, 4.69) is 20.4 Å². The highest BCUT2D eigenvalue weighted by atomic mass is 16.5. The maximum Gasteiger partial charge on any atom is 0.379 e. The Labute approximate surface area is 139 Å². The van der Waals surface area contributed by atoms with Crippen LogP contribution in [0.2, 0.25) is 0 Å². The molecule has 1 aliphatic carbocycles. The quantitative estimate of drug-likeness (QED) is 0.849. The molecule has 0 radical (unpaired) electrons. The van der Waals surface area contributed by atoms with Crippen LogP contribution in [0, 0.1) is 13.8 Å². The van der Waals surface area contributed by atoms with Crippen molar-refractivity contribution in [2.24, 2.45) is 0 Å². The first kappa shape index (κ1) is 16.4. The molecule has 2 heterocycles. The van der Waals surface area contributed by atoms with Crippen molar-refractivity contribution in [1.29, 1.82) is 0 Å². The Morgan fingerprint density at radius 2 is 2.00 bits per heavy atom. The first-order valence-electron chi connectivity index (χ1n) is 8.16. The molecule has 1 fully saturated rings. The standard InChI is InChI=1S/C16H21N5O3/c1-9-8-10(2)21-16(17-9)19-13(20-21)15(23)24-11(3)14(22)18-12-6-4-5-7-12/h8,11-12H,4-7H2,1-3H3,(H,18,22)/t11-/m1/s1. The molecular formula is C16H21N5O3. The number of nitrogens with zero attached hydrogens (tertiary/aromatic N) is 4.